The highest BCUT2D eigenvalue weighted by Crippen LogP contribution is 2.35. The van der Waals surface area contributed by atoms with E-state index in [1.165, 1.54) is 16.7 Å². The van der Waals surface area contributed by atoms with Gasteiger partial charge in [0, 0.05) is 10.5 Å². The fourth-order valence-corrected chi connectivity index (χ4v) is 5.82. The van der Waals surface area contributed by atoms with Crippen molar-refractivity contribution in [3.8, 4) is 22.8 Å². The molecule has 7 nitrogen and oxygen atoms in total. The van der Waals surface area contributed by atoms with Crippen LogP contribution in [0.2, 0.25) is 0 Å². The van der Waals surface area contributed by atoms with Crippen molar-refractivity contribution in [2.24, 2.45) is 7.05 Å². The minimum Gasteiger partial charge on any atom is -0.457 e. The number of rotatable bonds is 7. The topological polar surface area (TPSA) is 78.3 Å². The molecular formula is C33H25N4O3S2+. The summed E-state index contributed by atoms with van der Waals surface area (Å²) in [5, 5.41) is 6.95. The van der Waals surface area contributed by atoms with E-state index in [9.17, 15) is 9.59 Å². The Morgan fingerprint density at radius 2 is 1.40 bits per heavy atom. The molecule has 206 valence electrons. The second kappa shape index (κ2) is 11.9. The molecule has 4 aromatic carbocycles. The Balaban J connectivity index is 1.38. The molecule has 2 N–H and O–H groups in total. The molecule has 0 bridgehead atoms. The van der Waals surface area contributed by atoms with Gasteiger partial charge in [0.25, 0.3) is 16.8 Å². The van der Waals surface area contributed by atoms with Gasteiger partial charge in [-0.15, -0.1) is 4.68 Å². The van der Waals surface area contributed by atoms with Gasteiger partial charge in [0.05, 0.1) is 11.3 Å². The minimum atomic E-state index is -0.552. The lowest BCUT2D eigenvalue weighted by molar-refractivity contribution is -0.760. The molecule has 1 aliphatic rings. The van der Waals surface area contributed by atoms with Gasteiger partial charge < -0.3 is 4.74 Å². The molecule has 0 saturated carbocycles. The Bertz CT molecular complexity index is 1800. The fraction of sp³-hybridized carbons (Fsp3) is 0.0303. The van der Waals surface area contributed by atoms with Crippen LogP contribution in [-0.4, -0.2) is 22.0 Å². The number of amides is 2. The Labute approximate surface area is 252 Å². The molecule has 2 heterocycles. The van der Waals surface area contributed by atoms with Gasteiger partial charge in [-0.1, -0.05) is 66.7 Å². The van der Waals surface area contributed by atoms with Gasteiger partial charge in [-0.2, -0.15) is 5.10 Å². The number of benzene rings is 4. The van der Waals surface area contributed by atoms with Crippen LogP contribution in [0.5, 0.6) is 11.5 Å². The van der Waals surface area contributed by atoms with Crippen LogP contribution in [0.1, 0.15) is 5.56 Å². The van der Waals surface area contributed by atoms with Crippen LogP contribution in [-0.2, 0) is 16.6 Å². The first kappa shape index (κ1) is 27.2. The highest BCUT2D eigenvalue weighted by molar-refractivity contribution is 7.99. The van der Waals surface area contributed by atoms with Crippen molar-refractivity contribution in [1.82, 2.24) is 10.4 Å². The van der Waals surface area contributed by atoms with E-state index in [1.807, 2.05) is 103 Å². The normalized spacial score (nSPS) is 14.3. The summed E-state index contributed by atoms with van der Waals surface area (Å²) in [5.41, 5.74) is 2.91. The molecule has 5 aromatic rings. The Morgan fingerprint density at radius 1 is 0.810 bits per heavy atom. The number of para-hydroxylation sites is 1. The van der Waals surface area contributed by atoms with Crippen LogP contribution >= 0.6 is 24.0 Å². The highest BCUT2D eigenvalue weighted by Gasteiger charge is 2.36. The maximum Gasteiger partial charge on any atom is 0.277 e. The first-order chi connectivity index (χ1) is 20.5. The Hall–Kier alpha value is -4.99. The minimum absolute atomic E-state index is 0.0145. The molecule has 42 heavy (non-hydrogen) atoms. The number of hydrogen-bond acceptors (Lipinski definition) is 5. The number of nitrogens with one attached hydrogen (secondary N) is 2. The molecule has 2 amide bonds. The average Bonchev–Trinajstić information content (AvgIpc) is 3.31. The predicted octanol–water partition coefficient (Wildman–Crippen LogP) is 6.28. The number of aryl methyl sites for hydroxylation is 1. The van der Waals surface area contributed by atoms with E-state index in [1.54, 1.807) is 30.3 Å². The first-order valence-corrected chi connectivity index (χ1v) is 14.3. The number of thiocarbonyl (C=S) groups is 1. The van der Waals surface area contributed by atoms with Crippen molar-refractivity contribution in [2.45, 2.75) is 9.92 Å². The summed E-state index contributed by atoms with van der Waals surface area (Å²) >= 11 is 6.98. The van der Waals surface area contributed by atoms with Crippen molar-refractivity contribution in [2.75, 3.05) is 4.90 Å². The van der Waals surface area contributed by atoms with E-state index in [4.69, 9.17) is 17.0 Å². The Kier molecular flexibility index (Phi) is 7.68. The van der Waals surface area contributed by atoms with Crippen molar-refractivity contribution in [3.05, 3.63) is 126 Å². The lowest BCUT2D eigenvalue weighted by atomic mass is 10.0. The van der Waals surface area contributed by atoms with Crippen LogP contribution < -0.4 is 19.6 Å². The number of ether oxygens (including phenoxy) is 1. The zero-order chi connectivity index (χ0) is 29.1. The van der Waals surface area contributed by atoms with Gasteiger partial charge in [-0.25, -0.2) is 0 Å². The number of carbonyl (C=O) groups is 2. The van der Waals surface area contributed by atoms with E-state index in [0.717, 1.165) is 26.7 Å². The second-order valence-electron chi connectivity index (χ2n) is 9.41. The van der Waals surface area contributed by atoms with Crippen molar-refractivity contribution in [3.63, 3.8) is 0 Å². The van der Waals surface area contributed by atoms with Crippen LogP contribution in [0.15, 0.2) is 131 Å². The number of H-pyrrole nitrogens is 1. The third-order valence-electron chi connectivity index (χ3n) is 6.57. The van der Waals surface area contributed by atoms with Gasteiger partial charge in [-0.05, 0) is 78.6 Å². The largest absolute Gasteiger partial charge is 0.457 e. The lowest BCUT2D eigenvalue weighted by Crippen LogP contribution is -2.54. The molecule has 0 unspecified atom stereocenters. The third-order valence-corrected chi connectivity index (χ3v) is 8.05. The molecular weight excluding hydrogens is 565 g/mol. The number of aromatic nitrogens is 2. The smallest absolute Gasteiger partial charge is 0.277 e. The molecule has 0 aliphatic carbocycles. The molecule has 6 rings (SSSR count). The van der Waals surface area contributed by atoms with Crippen LogP contribution in [0.4, 0.5) is 5.69 Å². The summed E-state index contributed by atoms with van der Waals surface area (Å²) in [5.74, 6) is 0.239. The Morgan fingerprint density at radius 3 is 2.07 bits per heavy atom. The van der Waals surface area contributed by atoms with E-state index in [2.05, 4.69) is 10.4 Å². The molecule has 1 aromatic heterocycles. The van der Waals surface area contributed by atoms with Gasteiger partial charge >= 0.3 is 0 Å². The number of anilines is 1. The quantitative estimate of drug-likeness (QED) is 0.101. The number of carbonyl (C=O) groups excluding carboxylic acids is 2. The summed E-state index contributed by atoms with van der Waals surface area (Å²) in [6, 6.07) is 36.1. The maximum absolute atomic E-state index is 13.9. The molecule has 0 atom stereocenters. The van der Waals surface area contributed by atoms with E-state index in [-0.39, 0.29) is 10.7 Å². The number of nitrogens with zero attached hydrogens (tertiary/aromatic N) is 2. The maximum atomic E-state index is 13.9. The first-order valence-electron chi connectivity index (χ1n) is 13.1. The fourth-order valence-electron chi connectivity index (χ4n) is 4.57. The van der Waals surface area contributed by atoms with Gasteiger partial charge in [0.1, 0.15) is 22.8 Å². The summed E-state index contributed by atoms with van der Waals surface area (Å²) in [4.78, 5) is 29.5. The SMILES string of the molecule is C[n+]1[nH]c(-c2ccccc2)c(/C=C2\C(=O)NC(=S)N(c3ccc(Oc4ccccc4)cc3)C2=O)c1Sc1ccccc1. The molecule has 1 aliphatic heterocycles. The molecule has 1 saturated heterocycles. The molecule has 9 heteroatoms. The second-order valence-corrected chi connectivity index (χ2v) is 10.9. The van der Waals surface area contributed by atoms with Crippen molar-refractivity contribution < 1.29 is 19.0 Å². The average molecular weight is 590 g/mol. The summed E-state index contributed by atoms with van der Waals surface area (Å²) in [6.07, 6.45) is 1.64. The zero-order valence-electron chi connectivity index (χ0n) is 22.5. The summed E-state index contributed by atoms with van der Waals surface area (Å²) in [7, 11) is 1.91. The zero-order valence-corrected chi connectivity index (χ0v) is 24.1. The van der Waals surface area contributed by atoms with E-state index < -0.39 is 11.8 Å². The highest BCUT2D eigenvalue weighted by atomic mass is 32.2. The third kappa shape index (κ3) is 5.60. The molecule has 0 spiro atoms. The van der Waals surface area contributed by atoms with Crippen molar-refractivity contribution >= 4 is 52.7 Å². The number of aromatic amines is 1. The summed E-state index contributed by atoms with van der Waals surface area (Å²) in [6.45, 7) is 0. The van der Waals surface area contributed by atoms with Gasteiger partial charge in [0.2, 0.25) is 0 Å². The lowest BCUT2D eigenvalue weighted by Gasteiger charge is -2.29. The van der Waals surface area contributed by atoms with Crippen LogP contribution in [0, 0.1) is 0 Å². The monoisotopic (exact) mass is 589 g/mol. The molecule has 0 radical (unpaired) electrons. The molecule has 1 fully saturated rings. The number of hydrogen-bond donors (Lipinski definition) is 2. The van der Waals surface area contributed by atoms with Gasteiger partial charge in [-0.3, -0.25) is 19.8 Å². The van der Waals surface area contributed by atoms with E-state index in [0.29, 0.717) is 17.2 Å². The van der Waals surface area contributed by atoms with Crippen molar-refractivity contribution in [1.29, 1.82) is 0 Å². The van der Waals surface area contributed by atoms with Gasteiger partial charge in [0.15, 0.2) is 12.2 Å². The van der Waals surface area contributed by atoms with Crippen LogP contribution in [0.25, 0.3) is 17.3 Å². The summed E-state index contributed by atoms with van der Waals surface area (Å²) < 4.78 is 7.78. The van der Waals surface area contributed by atoms with E-state index >= 15 is 0 Å². The standard InChI is InChI=1S/C33H24N4O3S2/c1-36-32(42-26-15-9-4-10-16-26)27(29(35-36)22-11-5-2-6-12-22)21-28-30(38)34-33(41)37(31(28)39)23-17-19-25(20-18-23)40-24-13-7-3-8-14-24/h2-21H,1H3,(H,34,38,41)/p+1/b28-21+. The van der Waals surface area contributed by atoms with Crippen LogP contribution in [0.3, 0.4) is 0 Å². The predicted molar refractivity (Wildman–Crippen MR) is 167 cm³/mol.